The second-order valence-electron chi connectivity index (χ2n) is 4.82. The van der Waals surface area contributed by atoms with Gasteiger partial charge in [-0.05, 0) is 5.92 Å². The van der Waals surface area contributed by atoms with Crippen molar-refractivity contribution in [1.82, 2.24) is 0 Å². The molecule has 7 heteroatoms. The van der Waals surface area contributed by atoms with Crippen molar-refractivity contribution in [3.05, 3.63) is 17.7 Å². The second-order valence-corrected chi connectivity index (χ2v) is 4.82. The molecule has 0 spiro atoms. The van der Waals surface area contributed by atoms with Crippen LogP contribution in [-0.4, -0.2) is 37.2 Å². The third-order valence-electron chi connectivity index (χ3n) is 3.03. The zero-order valence-corrected chi connectivity index (χ0v) is 12.5. The topological polar surface area (TPSA) is 111 Å². The van der Waals surface area contributed by atoms with Gasteiger partial charge >= 0.3 is 5.97 Å². The van der Waals surface area contributed by atoms with Gasteiger partial charge in [-0.2, -0.15) is 0 Å². The summed E-state index contributed by atoms with van der Waals surface area (Å²) in [6, 6.07) is 1.95. The molecule has 0 aliphatic heterocycles. The third kappa shape index (κ3) is 3.85. The van der Waals surface area contributed by atoms with E-state index in [1.165, 1.54) is 26.4 Å². The fourth-order valence-electron chi connectivity index (χ4n) is 1.68. The van der Waals surface area contributed by atoms with Crippen molar-refractivity contribution < 1.29 is 24.2 Å². The number of anilines is 1. The molecule has 0 aliphatic rings. The minimum atomic E-state index is -1.19. The Balaban J connectivity index is 3.21. The van der Waals surface area contributed by atoms with Crippen LogP contribution in [0.4, 0.5) is 5.69 Å². The number of hydrogen-bond acceptors (Lipinski definition) is 5. The van der Waals surface area contributed by atoms with Crippen molar-refractivity contribution in [2.45, 2.75) is 19.9 Å². The molecule has 0 saturated heterocycles. The van der Waals surface area contributed by atoms with Crippen molar-refractivity contribution in [2.24, 2.45) is 11.7 Å². The zero-order valence-electron chi connectivity index (χ0n) is 12.5. The van der Waals surface area contributed by atoms with Gasteiger partial charge in [-0.15, -0.1) is 0 Å². The number of ether oxygens (including phenoxy) is 2. The van der Waals surface area contributed by atoms with E-state index in [1.807, 2.05) is 0 Å². The molecule has 0 bridgehead atoms. The normalized spacial score (nSPS) is 11.9. The van der Waals surface area contributed by atoms with Crippen LogP contribution in [0.25, 0.3) is 0 Å². The van der Waals surface area contributed by atoms with E-state index >= 15 is 0 Å². The maximum absolute atomic E-state index is 12.0. The number of nitrogens with two attached hydrogens (primary N) is 1. The summed E-state index contributed by atoms with van der Waals surface area (Å²) in [5.41, 5.74) is 5.76. The summed E-state index contributed by atoms with van der Waals surface area (Å²) >= 11 is 0. The molecule has 0 aliphatic carbocycles. The second kappa shape index (κ2) is 6.94. The first-order chi connectivity index (χ1) is 9.81. The van der Waals surface area contributed by atoms with Gasteiger partial charge in [0.25, 0.3) is 0 Å². The number of amides is 1. The Morgan fingerprint density at radius 3 is 2.14 bits per heavy atom. The van der Waals surface area contributed by atoms with Crippen molar-refractivity contribution >= 4 is 17.6 Å². The van der Waals surface area contributed by atoms with Gasteiger partial charge in [0.05, 0.1) is 31.5 Å². The van der Waals surface area contributed by atoms with Crippen LogP contribution in [-0.2, 0) is 4.79 Å². The zero-order chi connectivity index (χ0) is 16.2. The number of carboxylic acids is 1. The van der Waals surface area contributed by atoms with E-state index in [-0.39, 0.29) is 22.9 Å². The van der Waals surface area contributed by atoms with Crippen LogP contribution in [0.3, 0.4) is 0 Å². The summed E-state index contributed by atoms with van der Waals surface area (Å²) in [4.78, 5) is 23.3. The quantitative estimate of drug-likeness (QED) is 0.730. The minimum Gasteiger partial charge on any atom is -0.493 e. The predicted molar refractivity (Wildman–Crippen MR) is 77.9 cm³/mol. The first-order valence-corrected chi connectivity index (χ1v) is 6.37. The van der Waals surface area contributed by atoms with Gasteiger partial charge in [0.2, 0.25) is 5.91 Å². The number of nitrogens with one attached hydrogen (secondary N) is 1. The highest BCUT2D eigenvalue weighted by Crippen LogP contribution is 2.33. The number of hydrogen-bond donors (Lipinski definition) is 3. The Labute approximate surface area is 123 Å². The molecule has 1 atom stereocenters. The van der Waals surface area contributed by atoms with Crippen molar-refractivity contribution in [2.75, 3.05) is 19.5 Å². The molecule has 0 aromatic heterocycles. The molecular weight excluding hydrogens is 276 g/mol. The molecule has 1 amide bonds. The van der Waals surface area contributed by atoms with E-state index in [9.17, 15) is 14.7 Å². The van der Waals surface area contributed by atoms with Crippen LogP contribution in [0.2, 0.25) is 0 Å². The van der Waals surface area contributed by atoms with Crippen LogP contribution in [0.5, 0.6) is 11.5 Å². The summed E-state index contributed by atoms with van der Waals surface area (Å²) in [6.45, 7) is 3.61. The average Bonchev–Trinajstić information content (AvgIpc) is 2.45. The Bertz CT molecular complexity index is 542. The minimum absolute atomic E-state index is 0.0709. The summed E-state index contributed by atoms with van der Waals surface area (Å²) in [7, 11) is 2.82. The number of carbonyl (C=O) groups excluding carboxylic acids is 1. The monoisotopic (exact) mass is 296 g/mol. The maximum atomic E-state index is 12.0. The highest BCUT2D eigenvalue weighted by Gasteiger charge is 2.22. The van der Waals surface area contributed by atoms with Gasteiger partial charge in [-0.3, -0.25) is 4.79 Å². The van der Waals surface area contributed by atoms with Gasteiger partial charge in [0.1, 0.15) is 0 Å². The standard InChI is InChI=1S/C14H20N2O5/c1-7(2)12(15)13(17)16-9-6-11(21-4)10(20-3)5-8(9)14(18)19/h5-7,12H,15H2,1-4H3,(H,16,17)(H,18,19). The summed E-state index contributed by atoms with van der Waals surface area (Å²) < 4.78 is 10.1. The highest BCUT2D eigenvalue weighted by atomic mass is 16.5. The van der Waals surface area contributed by atoms with Gasteiger partial charge in [0.15, 0.2) is 11.5 Å². The predicted octanol–water partition coefficient (Wildman–Crippen LogP) is 1.32. The largest absolute Gasteiger partial charge is 0.493 e. The van der Waals surface area contributed by atoms with Gasteiger partial charge in [-0.1, -0.05) is 13.8 Å². The van der Waals surface area contributed by atoms with Crippen LogP contribution in [0.1, 0.15) is 24.2 Å². The van der Waals surface area contributed by atoms with Crippen molar-refractivity contribution in [3.63, 3.8) is 0 Å². The number of carbonyl (C=O) groups is 2. The molecule has 21 heavy (non-hydrogen) atoms. The van der Waals surface area contributed by atoms with E-state index in [4.69, 9.17) is 15.2 Å². The summed E-state index contributed by atoms with van der Waals surface area (Å²) in [5, 5.41) is 11.7. The van der Waals surface area contributed by atoms with Gasteiger partial charge in [-0.25, -0.2) is 4.79 Å². The lowest BCUT2D eigenvalue weighted by Crippen LogP contribution is -2.40. The van der Waals surface area contributed by atoms with Crippen LogP contribution in [0, 0.1) is 5.92 Å². The molecule has 1 unspecified atom stereocenters. The summed E-state index contributed by atoms with van der Waals surface area (Å²) in [6.07, 6.45) is 0. The van der Waals surface area contributed by atoms with E-state index in [0.717, 1.165) is 0 Å². The Kier molecular flexibility index (Phi) is 5.54. The molecule has 0 radical (unpaired) electrons. The Hall–Kier alpha value is -2.28. The van der Waals surface area contributed by atoms with Gasteiger partial charge in [0, 0.05) is 12.1 Å². The third-order valence-corrected chi connectivity index (χ3v) is 3.03. The lowest BCUT2D eigenvalue weighted by atomic mass is 10.0. The molecule has 4 N–H and O–H groups in total. The van der Waals surface area contributed by atoms with E-state index < -0.39 is 17.9 Å². The van der Waals surface area contributed by atoms with E-state index in [1.54, 1.807) is 13.8 Å². The van der Waals surface area contributed by atoms with Crippen LogP contribution < -0.4 is 20.5 Å². The van der Waals surface area contributed by atoms with E-state index in [2.05, 4.69) is 5.32 Å². The molecule has 0 heterocycles. The molecule has 116 valence electrons. The fourth-order valence-corrected chi connectivity index (χ4v) is 1.68. The maximum Gasteiger partial charge on any atom is 0.337 e. The smallest absolute Gasteiger partial charge is 0.337 e. The van der Waals surface area contributed by atoms with E-state index in [0.29, 0.717) is 5.75 Å². The molecule has 1 aromatic carbocycles. The molecule has 1 aromatic rings. The van der Waals surface area contributed by atoms with Gasteiger partial charge < -0.3 is 25.6 Å². The number of aromatic carboxylic acids is 1. The van der Waals surface area contributed by atoms with Crippen molar-refractivity contribution in [1.29, 1.82) is 0 Å². The number of methoxy groups -OCH3 is 2. The molecule has 0 fully saturated rings. The van der Waals surface area contributed by atoms with Crippen LogP contribution in [0.15, 0.2) is 12.1 Å². The number of benzene rings is 1. The SMILES string of the molecule is COc1cc(NC(=O)C(N)C(C)C)c(C(=O)O)cc1OC. The Morgan fingerprint density at radius 2 is 1.71 bits per heavy atom. The molecule has 7 nitrogen and oxygen atoms in total. The molecular formula is C14H20N2O5. The Morgan fingerprint density at radius 1 is 1.19 bits per heavy atom. The fraction of sp³-hybridized carbons (Fsp3) is 0.429. The van der Waals surface area contributed by atoms with Crippen LogP contribution >= 0.6 is 0 Å². The number of rotatable bonds is 6. The molecule has 0 saturated carbocycles. The molecule has 1 rings (SSSR count). The summed E-state index contributed by atoms with van der Waals surface area (Å²) in [5.74, 6) is -1.14. The lowest BCUT2D eigenvalue weighted by molar-refractivity contribution is -0.118. The lowest BCUT2D eigenvalue weighted by Gasteiger charge is -2.18. The highest BCUT2D eigenvalue weighted by molar-refractivity contribution is 6.03. The first-order valence-electron chi connectivity index (χ1n) is 6.37. The first kappa shape index (κ1) is 16.8. The average molecular weight is 296 g/mol. The van der Waals surface area contributed by atoms with Crippen molar-refractivity contribution in [3.8, 4) is 11.5 Å². The number of carboxylic acid groups (broad SMARTS) is 1.